The summed E-state index contributed by atoms with van der Waals surface area (Å²) in [7, 11) is 0. The van der Waals surface area contributed by atoms with Crippen LogP contribution in [0, 0.1) is 0 Å². The molecule has 1 amide bonds. The quantitative estimate of drug-likeness (QED) is 0.868. The number of benzene rings is 1. The Balaban J connectivity index is 1.74. The summed E-state index contributed by atoms with van der Waals surface area (Å²) in [5.74, 6) is 0.683. The number of carbonyl (C=O) groups is 1. The second kappa shape index (κ2) is 6.07. The summed E-state index contributed by atoms with van der Waals surface area (Å²) in [6, 6.07) is 7.66. The van der Waals surface area contributed by atoms with Crippen molar-refractivity contribution in [2.45, 2.75) is 18.8 Å². The molecule has 1 aliphatic rings. The molecule has 2 heterocycles. The zero-order chi connectivity index (χ0) is 14.8. The number of hydrogen-bond acceptors (Lipinski definition) is 4. The minimum atomic E-state index is -0.0125. The molecule has 1 aromatic heterocycles. The van der Waals surface area contributed by atoms with Crippen LogP contribution >= 0.6 is 23.4 Å². The van der Waals surface area contributed by atoms with Crippen LogP contribution in [-0.2, 0) is 11.3 Å². The smallest absolute Gasteiger partial charge is 0.233 e. The molecule has 5 nitrogen and oxygen atoms in total. The largest absolute Gasteiger partial charge is 0.324 e. The standard InChI is InChI=1S/C14H15ClN4OS/c1-2-19-13(20)9-21-14(19)12-8-18(17-16-12)7-10-3-5-11(15)6-4-10/h3-6,8,14H,2,7,9H2,1H3. The zero-order valence-electron chi connectivity index (χ0n) is 11.6. The highest BCUT2D eigenvalue weighted by atomic mass is 35.5. The molecule has 0 aliphatic carbocycles. The fourth-order valence-corrected chi connectivity index (χ4v) is 3.64. The number of amides is 1. The predicted octanol–water partition coefficient (Wildman–Crippen LogP) is 2.57. The van der Waals surface area contributed by atoms with E-state index in [2.05, 4.69) is 10.3 Å². The Labute approximate surface area is 132 Å². The van der Waals surface area contributed by atoms with Crippen LogP contribution in [-0.4, -0.2) is 38.1 Å². The molecule has 1 fully saturated rings. The summed E-state index contributed by atoms with van der Waals surface area (Å²) in [6.07, 6.45) is 1.91. The topological polar surface area (TPSA) is 51.0 Å². The molecule has 0 saturated carbocycles. The number of halogens is 1. The minimum Gasteiger partial charge on any atom is -0.324 e. The van der Waals surface area contributed by atoms with Gasteiger partial charge in [0.15, 0.2) is 0 Å². The number of rotatable bonds is 4. The molecule has 1 saturated heterocycles. The van der Waals surface area contributed by atoms with E-state index >= 15 is 0 Å². The van der Waals surface area contributed by atoms with Gasteiger partial charge in [-0.05, 0) is 24.6 Å². The second-order valence-corrected chi connectivity index (χ2v) is 6.32. The van der Waals surface area contributed by atoms with E-state index in [1.165, 1.54) is 0 Å². The molecule has 1 atom stereocenters. The molecule has 0 N–H and O–H groups in total. The van der Waals surface area contributed by atoms with E-state index in [9.17, 15) is 4.79 Å². The second-order valence-electron chi connectivity index (χ2n) is 4.81. The minimum absolute atomic E-state index is 0.0125. The normalized spacial score (nSPS) is 18.5. The molecular formula is C14H15ClN4OS. The van der Waals surface area contributed by atoms with E-state index in [1.807, 2.05) is 42.3 Å². The van der Waals surface area contributed by atoms with Crippen LogP contribution in [0.2, 0.25) is 5.02 Å². The first kappa shape index (κ1) is 14.4. The van der Waals surface area contributed by atoms with Crippen LogP contribution in [0.5, 0.6) is 0 Å². The van der Waals surface area contributed by atoms with E-state index < -0.39 is 0 Å². The Hall–Kier alpha value is -1.53. The number of nitrogens with zero attached hydrogens (tertiary/aromatic N) is 4. The van der Waals surface area contributed by atoms with Crippen molar-refractivity contribution in [1.82, 2.24) is 19.9 Å². The van der Waals surface area contributed by atoms with Crippen LogP contribution < -0.4 is 0 Å². The van der Waals surface area contributed by atoms with E-state index in [4.69, 9.17) is 11.6 Å². The fraction of sp³-hybridized carbons (Fsp3) is 0.357. The maximum Gasteiger partial charge on any atom is 0.233 e. The molecule has 1 aliphatic heterocycles. The summed E-state index contributed by atoms with van der Waals surface area (Å²) in [4.78, 5) is 13.6. The third-order valence-electron chi connectivity index (χ3n) is 3.38. The fourth-order valence-electron chi connectivity index (χ4n) is 2.32. The van der Waals surface area contributed by atoms with Gasteiger partial charge in [-0.2, -0.15) is 0 Å². The third-order valence-corrected chi connectivity index (χ3v) is 4.85. The van der Waals surface area contributed by atoms with Crippen molar-refractivity contribution in [3.8, 4) is 0 Å². The molecule has 110 valence electrons. The van der Waals surface area contributed by atoms with Gasteiger partial charge in [0.25, 0.3) is 0 Å². The molecule has 1 unspecified atom stereocenters. The first-order valence-electron chi connectivity index (χ1n) is 6.73. The average Bonchev–Trinajstić information content (AvgIpc) is 3.07. The van der Waals surface area contributed by atoms with Crippen LogP contribution in [0.1, 0.15) is 23.6 Å². The van der Waals surface area contributed by atoms with Gasteiger partial charge in [0.2, 0.25) is 5.91 Å². The maximum absolute atomic E-state index is 11.8. The van der Waals surface area contributed by atoms with Gasteiger partial charge >= 0.3 is 0 Å². The van der Waals surface area contributed by atoms with Crippen molar-refractivity contribution >= 4 is 29.3 Å². The highest BCUT2D eigenvalue weighted by Crippen LogP contribution is 2.37. The van der Waals surface area contributed by atoms with Gasteiger partial charge in [-0.3, -0.25) is 4.79 Å². The lowest BCUT2D eigenvalue weighted by Crippen LogP contribution is -2.27. The van der Waals surface area contributed by atoms with Crippen LogP contribution in [0.25, 0.3) is 0 Å². The Morgan fingerprint density at radius 1 is 1.38 bits per heavy atom. The molecule has 21 heavy (non-hydrogen) atoms. The summed E-state index contributed by atoms with van der Waals surface area (Å²) in [5, 5.41) is 9.08. The van der Waals surface area contributed by atoms with Crippen molar-refractivity contribution in [1.29, 1.82) is 0 Å². The van der Waals surface area contributed by atoms with Crippen LogP contribution in [0.4, 0.5) is 0 Å². The highest BCUT2D eigenvalue weighted by molar-refractivity contribution is 8.00. The lowest BCUT2D eigenvalue weighted by atomic mass is 10.2. The highest BCUT2D eigenvalue weighted by Gasteiger charge is 2.33. The van der Waals surface area contributed by atoms with Gasteiger partial charge in [0.05, 0.1) is 18.5 Å². The molecule has 0 bridgehead atoms. The predicted molar refractivity (Wildman–Crippen MR) is 83.2 cm³/mol. The molecule has 3 rings (SSSR count). The number of hydrogen-bond donors (Lipinski definition) is 0. The Morgan fingerprint density at radius 2 is 2.14 bits per heavy atom. The van der Waals surface area contributed by atoms with E-state index in [1.54, 1.807) is 16.4 Å². The van der Waals surface area contributed by atoms with Crippen molar-refractivity contribution in [2.75, 3.05) is 12.3 Å². The van der Waals surface area contributed by atoms with Gasteiger partial charge < -0.3 is 4.90 Å². The summed E-state index contributed by atoms with van der Waals surface area (Å²) in [6.45, 7) is 3.32. The van der Waals surface area contributed by atoms with E-state index in [0.29, 0.717) is 18.8 Å². The SMILES string of the molecule is CCN1C(=O)CSC1c1cn(Cc2ccc(Cl)cc2)nn1. The number of thioether (sulfide) groups is 1. The Kier molecular flexibility index (Phi) is 4.17. The van der Waals surface area contributed by atoms with Crippen molar-refractivity contribution in [3.05, 3.63) is 46.7 Å². The van der Waals surface area contributed by atoms with Crippen molar-refractivity contribution < 1.29 is 4.79 Å². The van der Waals surface area contributed by atoms with Crippen LogP contribution in [0.3, 0.4) is 0 Å². The van der Waals surface area contributed by atoms with Gasteiger partial charge in [-0.15, -0.1) is 16.9 Å². The zero-order valence-corrected chi connectivity index (χ0v) is 13.1. The number of aromatic nitrogens is 3. The molecule has 7 heteroatoms. The van der Waals surface area contributed by atoms with Gasteiger partial charge in [0, 0.05) is 11.6 Å². The summed E-state index contributed by atoms with van der Waals surface area (Å²) < 4.78 is 1.79. The van der Waals surface area contributed by atoms with E-state index in [-0.39, 0.29) is 11.3 Å². The lowest BCUT2D eigenvalue weighted by Gasteiger charge is -2.19. The molecular weight excluding hydrogens is 308 g/mol. The van der Waals surface area contributed by atoms with Gasteiger partial charge in [-0.1, -0.05) is 28.9 Å². The summed E-state index contributed by atoms with van der Waals surface area (Å²) in [5.41, 5.74) is 1.94. The first-order valence-corrected chi connectivity index (χ1v) is 8.15. The number of carbonyl (C=O) groups excluding carboxylic acids is 1. The van der Waals surface area contributed by atoms with E-state index in [0.717, 1.165) is 16.3 Å². The maximum atomic E-state index is 11.8. The van der Waals surface area contributed by atoms with Gasteiger partial charge in [-0.25, -0.2) is 4.68 Å². The Morgan fingerprint density at radius 3 is 2.86 bits per heavy atom. The first-order chi connectivity index (χ1) is 10.2. The monoisotopic (exact) mass is 322 g/mol. The molecule has 1 aromatic carbocycles. The molecule has 0 spiro atoms. The van der Waals surface area contributed by atoms with Crippen LogP contribution in [0.15, 0.2) is 30.5 Å². The van der Waals surface area contributed by atoms with Gasteiger partial charge in [0.1, 0.15) is 11.1 Å². The summed E-state index contributed by atoms with van der Waals surface area (Å²) >= 11 is 7.48. The van der Waals surface area contributed by atoms with Crippen molar-refractivity contribution in [2.24, 2.45) is 0 Å². The van der Waals surface area contributed by atoms with Crippen molar-refractivity contribution in [3.63, 3.8) is 0 Å². The lowest BCUT2D eigenvalue weighted by molar-refractivity contribution is -0.127. The Bertz CT molecular complexity index is 643. The molecule has 2 aromatic rings. The third kappa shape index (κ3) is 3.06. The average molecular weight is 323 g/mol. The molecule has 0 radical (unpaired) electrons.